The summed E-state index contributed by atoms with van der Waals surface area (Å²) in [7, 11) is -3.69. The molecule has 1 atom stereocenters. The van der Waals surface area contributed by atoms with E-state index in [-0.39, 0.29) is 12.5 Å². The number of nitrogens with zero attached hydrogens (tertiary/aromatic N) is 1. The second kappa shape index (κ2) is 10.2. The summed E-state index contributed by atoms with van der Waals surface area (Å²) < 4.78 is 31.0. The number of benzene rings is 2. The van der Waals surface area contributed by atoms with E-state index in [2.05, 4.69) is 5.32 Å². The Balaban J connectivity index is 2.23. The lowest BCUT2D eigenvalue weighted by Crippen LogP contribution is -2.42. The third-order valence-electron chi connectivity index (χ3n) is 4.35. The maximum absolute atomic E-state index is 12.8. The highest BCUT2D eigenvalue weighted by Gasteiger charge is 2.25. The quantitative estimate of drug-likeness (QED) is 0.615. The van der Waals surface area contributed by atoms with E-state index in [1.165, 1.54) is 0 Å². The molecule has 0 fully saturated rings. The third kappa shape index (κ3) is 6.88. The van der Waals surface area contributed by atoms with Crippen molar-refractivity contribution in [1.29, 1.82) is 0 Å². The average molecular weight is 433 g/mol. The Morgan fingerprint density at radius 3 is 2.20 bits per heavy atom. The van der Waals surface area contributed by atoms with Crippen molar-refractivity contribution in [3.05, 3.63) is 65.7 Å². The first-order valence-electron chi connectivity index (χ1n) is 9.65. The zero-order valence-electron chi connectivity index (χ0n) is 17.7. The van der Waals surface area contributed by atoms with Gasteiger partial charge in [0.1, 0.15) is 6.54 Å². The lowest BCUT2D eigenvalue weighted by molar-refractivity contribution is -0.148. The number of para-hydroxylation sites is 1. The maximum atomic E-state index is 12.8. The molecule has 0 radical (unpaired) electrons. The van der Waals surface area contributed by atoms with Crippen LogP contribution in [0, 0.1) is 6.92 Å². The minimum Gasteiger partial charge on any atom is -0.463 e. The highest BCUT2D eigenvalue weighted by Crippen LogP contribution is 2.22. The molecule has 0 heterocycles. The van der Waals surface area contributed by atoms with E-state index in [4.69, 9.17) is 4.74 Å². The van der Waals surface area contributed by atoms with E-state index >= 15 is 0 Å². The van der Waals surface area contributed by atoms with Crippen molar-refractivity contribution in [2.45, 2.75) is 39.3 Å². The zero-order chi connectivity index (χ0) is 22.3. The summed E-state index contributed by atoms with van der Waals surface area (Å²) in [5, 5.41) is 2.78. The van der Waals surface area contributed by atoms with Crippen molar-refractivity contribution >= 4 is 27.6 Å². The summed E-state index contributed by atoms with van der Waals surface area (Å²) >= 11 is 0. The van der Waals surface area contributed by atoms with Gasteiger partial charge in [-0.3, -0.25) is 13.9 Å². The molecule has 1 N–H and O–H groups in total. The molecular weight excluding hydrogens is 404 g/mol. The van der Waals surface area contributed by atoms with Crippen LogP contribution in [0.25, 0.3) is 0 Å². The van der Waals surface area contributed by atoms with Crippen LogP contribution in [0.2, 0.25) is 0 Å². The van der Waals surface area contributed by atoms with Crippen LogP contribution >= 0.6 is 0 Å². The number of aryl methyl sites for hydroxylation is 1. The van der Waals surface area contributed by atoms with Gasteiger partial charge in [0.15, 0.2) is 0 Å². The number of carbonyl (C=O) groups excluding carboxylic acids is 2. The molecule has 7 nitrogen and oxygen atoms in total. The number of anilines is 1. The third-order valence-corrected chi connectivity index (χ3v) is 5.47. The monoisotopic (exact) mass is 432 g/mol. The Bertz CT molecular complexity index is 974. The van der Waals surface area contributed by atoms with Crippen molar-refractivity contribution < 1.29 is 22.7 Å². The second-order valence-electron chi connectivity index (χ2n) is 7.33. The molecule has 0 bridgehead atoms. The first kappa shape index (κ1) is 23.4. The number of amides is 1. The van der Waals surface area contributed by atoms with Crippen LogP contribution in [0.15, 0.2) is 54.6 Å². The van der Waals surface area contributed by atoms with E-state index in [0.29, 0.717) is 5.69 Å². The van der Waals surface area contributed by atoms with Crippen LogP contribution in [-0.2, 0) is 24.3 Å². The highest BCUT2D eigenvalue weighted by atomic mass is 32.2. The average Bonchev–Trinajstić information content (AvgIpc) is 2.65. The first-order valence-corrected chi connectivity index (χ1v) is 11.5. The van der Waals surface area contributed by atoms with Crippen molar-refractivity contribution in [2.24, 2.45) is 0 Å². The molecule has 2 aromatic rings. The largest absolute Gasteiger partial charge is 0.463 e. The van der Waals surface area contributed by atoms with Gasteiger partial charge in [-0.05, 0) is 38.0 Å². The van der Waals surface area contributed by atoms with Gasteiger partial charge in [-0.15, -0.1) is 0 Å². The zero-order valence-corrected chi connectivity index (χ0v) is 18.5. The molecule has 1 unspecified atom stereocenters. The molecule has 0 aliphatic heterocycles. The first-order chi connectivity index (χ1) is 14.1. The van der Waals surface area contributed by atoms with Crippen molar-refractivity contribution in [2.75, 3.05) is 17.1 Å². The van der Waals surface area contributed by atoms with E-state index in [0.717, 1.165) is 21.7 Å². The smallest absolute Gasteiger partial charge is 0.308 e. The summed E-state index contributed by atoms with van der Waals surface area (Å²) in [6.07, 6.45) is 0.727. The Hall–Kier alpha value is -2.87. The number of sulfonamides is 1. The number of esters is 1. The molecule has 0 saturated carbocycles. The molecule has 0 spiro atoms. The fraction of sp³-hybridized carbons (Fsp3) is 0.364. The normalized spacial score (nSPS) is 12.3. The molecule has 0 aliphatic rings. The highest BCUT2D eigenvalue weighted by molar-refractivity contribution is 7.92. The van der Waals surface area contributed by atoms with Crippen LogP contribution in [0.1, 0.15) is 37.4 Å². The predicted molar refractivity (Wildman–Crippen MR) is 117 cm³/mol. The summed E-state index contributed by atoms with van der Waals surface area (Å²) in [5.74, 6) is -0.965. The maximum Gasteiger partial charge on any atom is 0.308 e. The van der Waals surface area contributed by atoms with Gasteiger partial charge in [0.2, 0.25) is 15.9 Å². The molecule has 8 heteroatoms. The van der Waals surface area contributed by atoms with Crippen LogP contribution < -0.4 is 9.62 Å². The van der Waals surface area contributed by atoms with E-state index in [9.17, 15) is 18.0 Å². The summed E-state index contributed by atoms with van der Waals surface area (Å²) in [4.78, 5) is 25.0. The van der Waals surface area contributed by atoms with Crippen LogP contribution in [-0.4, -0.2) is 39.2 Å². The standard InChI is InChI=1S/C22H28N2O5S/c1-16(2)29-22(26)14-19(18-11-6-5-7-12-18)23-21(25)15-24(30(4,27)28)20-13-9-8-10-17(20)3/h5-13,16,19H,14-15H2,1-4H3,(H,23,25). The Kier molecular flexibility index (Phi) is 8.00. The molecular formula is C22H28N2O5S. The summed E-state index contributed by atoms with van der Waals surface area (Å²) in [6.45, 7) is 4.88. The van der Waals surface area contributed by atoms with Gasteiger partial charge in [0, 0.05) is 0 Å². The van der Waals surface area contributed by atoms with Gasteiger partial charge in [-0.2, -0.15) is 0 Å². The summed E-state index contributed by atoms with van der Waals surface area (Å²) in [6, 6.07) is 15.3. The van der Waals surface area contributed by atoms with Crippen LogP contribution in [0.3, 0.4) is 0 Å². The van der Waals surface area contributed by atoms with E-state index < -0.39 is 34.5 Å². The number of carbonyl (C=O) groups is 2. The number of hydrogen-bond acceptors (Lipinski definition) is 5. The number of rotatable bonds is 9. The predicted octanol–water partition coefficient (Wildman–Crippen LogP) is 2.96. The molecule has 0 aliphatic carbocycles. The van der Waals surface area contributed by atoms with Crippen molar-refractivity contribution in [3.8, 4) is 0 Å². The van der Waals surface area contributed by atoms with Crippen molar-refractivity contribution in [3.63, 3.8) is 0 Å². The molecule has 162 valence electrons. The van der Waals surface area contributed by atoms with Gasteiger partial charge in [-0.1, -0.05) is 48.5 Å². The van der Waals surface area contributed by atoms with Crippen molar-refractivity contribution in [1.82, 2.24) is 5.32 Å². The number of nitrogens with one attached hydrogen (secondary N) is 1. The van der Waals surface area contributed by atoms with Gasteiger partial charge < -0.3 is 10.1 Å². The molecule has 0 saturated heterocycles. The Morgan fingerprint density at radius 2 is 1.63 bits per heavy atom. The van der Waals surface area contributed by atoms with Gasteiger partial charge in [-0.25, -0.2) is 8.42 Å². The second-order valence-corrected chi connectivity index (χ2v) is 9.24. The van der Waals surface area contributed by atoms with Crippen LogP contribution in [0.5, 0.6) is 0 Å². The van der Waals surface area contributed by atoms with Gasteiger partial charge >= 0.3 is 5.97 Å². The Labute approximate surface area is 178 Å². The van der Waals surface area contributed by atoms with Gasteiger partial charge in [0.05, 0.1) is 30.5 Å². The lowest BCUT2D eigenvalue weighted by atomic mass is 10.0. The molecule has 2 aromatic carbocycles. The van der Waals surface area contributed by atoms with Gasteiger partial charge in [0.25, 0.3) is 0 Å². The molecule has 0 aromatic heterocycles. The minimum atomic E-state index is -3.69. The van der Waals surface area contributed by atoms with E-state index in [1.54, 1.807) is 69.3 Å². The van der Waals surface area contributed by atoms with E-state index in [1.807, 2.05) is 6.07 Å². The van der Waals surface area contributed by atoms with Crippen LogP contribution in [0.4, 0.5) is 5.69 Å². The topological polar surface area (TPSA) is 92.8 Å². The Morgan fingerprint density at radius 1 is 1.03 bits per heavy atom. The number of hydrogen-bond donors (Lipinski definition) is 1. The molecule has 2 rings (SSSR count). The fourth-order valence-electron chi connectivity index (χ4n) is 3.01. The molecule has 1 amide bonds. The number of ether oxygens (including phenoxy) is 1. The minimum absolute atomic E-state index is 0.0584. The lowest BCUT2D eigenvalue weighted by Gasteiger charge is -2.25. The SMILES string of the molecule is Cc1ccccc1N(CC(=O)NC(CC(=O)OC(C)C)c1ccccc1)S(C)(=O)=O. The molecule has 30 heavy (non-hydrogen) atoms. The summed E-state index contributed by atoms with van der Waals surface area (Å²) in [5.41, 5.74) is 1.90. The fourth-order valence-corrected chi connectivity index (χ4v) is 3.92.